The van der Waals surface area contributed by atoms with E-state index in [1.807, 2.05) is 36.4 Å². The van der Waals surface area contributed by atoms with Gasteiger partial charge in [0.05, 0.1) is 0 Å². The third-order valence-electron chi connectivity index (χ3n) is 1.64. The molecular formula is C16H21NO2. The van der Waals surface area contributed by atoms with E-state index in [4.69, 9.17) is 5.11 Å². The molecule has 0 fully saturated rings. The highest BCUT2D eigenvalue weighted by Gasteiger charge is 1.84. The monoisotopic (exact) mass is 259 g/mol. The molecule has 0 unspecified atom stereocenters. The molecular weight excluding hydrogens is 238 g/mol. The van der Waals surface area contributed by atoms with Crippen LogP contribution in [0, 0.1) is 0 Å². The van der Waals surface area contributed by atoms with Gasteiger partial charge in [-0.15, -0.1) is 0 Å². The smallest absolute Gasteiger partial charge is 0.245 e. The highest BCUT2D eigenvalue weighted by Crippen LogP contribution is 1.97. The molecule has 0 bridgehead atoms. The molecule has 19 heavy (non-hydrogen) atoms. The lowest BCUT2D eigenvalue weighted by Gasteiger charge is -1.89. The fraction of sp³-hybridized carbons (Fsp3) is 0.0625. The number of amides is 1. The van der Waals surface area contributed by atoms with Crippen molar-refractivity contribution in [2.75, 3.05) is 6.73 Å². The minimum atomic E-state index is -0.359. The zero-order valence-electron chi connectivity index (χ0n) is 11.1. The topological polar surface area (TPSA) is 49.3 Å². The molecule has 0 spiro atoms. The van der Waals surface area contributed by atoms with Gasteiger partial charge in [0.25, 0.3) is 0 Å². The van der Waals surface area contributed by atoms with Crippen molar-refractivity contribution in [1.29, 1.82) is 0 Å². The predicted molar refractivity (Wildman–Crippen MR) is 82.4 cm³/mol. The Labute approximate surface area is 115 Å². The van der Waals surface area contributed by atoms with E-state index in [2.05, 4.69) is 31.6 Å². The van der Waals surface area contributed by atoms with E-state index in [0.717, 1.165) is 6.08 Å². The maximum absolute atomic E-state index is 10.0. The molecule has 3 heteroatoms. The zero-order valence-corrected chi connectivity index (χ0v) is 11.1. The average molecular weight is 259 g/mol. The van der Waals surface area contributed by atoms with Gasteiger partial charge in [-0.3, -0.25) is 4.79 Å². The number of rotatable bonds is 4. The van der Waals surface area contributed by atoms with Crippen LogP contribution in [-0.4, -0.2) is 17.7 Å². The molecule has 0 aromatic heterocycles. The van der Waals surface area contributed by atoms with Crippen molar-refractivity contribution in [3.05, 3.63) is 80.4 Å². The van der Waals surface area contributed by atoms with E-state index in [1.165, 1.54) is 5.56 Å². The van der Waals surface area contributed by atoms with Gasteiger partial charge in [-0.1, -0.05) is 74.9 Å². The first-order valence-corrected chi connectivity index (χ1v) is 5.58. The van der Waals surface area contributed by atoms with Gasteiger partial charge in [0.2, 0.25) is 5.91 Å². The van der Waals surface area contributed by atoms with Gasteiger partial charge < -0.3 is 10.4 Å². The van der Waals surface area contributed by atoms with Crippen LogP contribution in [0.5, 0.6) is 0 Å². The van der Waals surface area contributed by atoms with Crippen LogP contribution in [0.15, 0.2) is 74.9 Å². The van der Waals surface area contributed by atoms with Gasteiger partial charge >= 0.3 is 0 Å². The number of aliphatic hydroxyl groups excluding tert-OH is 1. The van der Waals surface area contributed by atoms with Crippen molar-refractivity contribution in [3.8, 4) is 0 Å². The maximum atomic E-state index is 10.0. The Morgan fingerprint density at radius 1 is 1.11 bits per heavy atom. The molecule has 0 heterocycles. The number of benzene rings is 1. The molecule has 3 nitrogen and oxygen atoms in total. The Morgan fingerprint density at radius 3 is 1.84 bits per heavy atom. The largest absolute Gasteiger partial charge is 0.376 e. The standard InChI is InChI=1S/C8H8.C4H7NO2.C4H6/c1-2-8-6-4-3-5-7-8;1-2-4(7)5-3-6;1-3-4-2/h2-7H,1H2;2,6H,1,3H2,(H,5,7);3-4H,1-2H2. The van der Waals surface area contributed by atoms with E-state index in [-0.39, 0.29) is 12.6 Å². The Kier molecular flexibility index (Phi) is 15.6. The van der Waals surface area contributed by atoms with E-state index in [1.54, 1.807) is 12.2 Å². The Hall–Kier alpha value is -2.39. The summed E-state index contributed by atoms with van der Waals surface area (Å²) in [6.07, 6.45) is 6.20. The zero-order chi connectivity index (χ0) is 14.9. The summed E-state index contributed by atoms with van der Waals surface area (Å²) in [6.45, 7) is 13.2. The van der Waals surface area contributed by atoms with Gasteiger partial charge in [0.1, 0.15) is 6.73 Å². The number of nitrogens with one attached hydrogen (secondary N) is 1. The lowest BCUT2D eigenvalue weighted by atomic mass is 10.2. The van der Waals surface area contributed by atoms with Crippen molar-refractivity contribution in [1.82, 2.24) is 5.32 Å². The predicted octanol–water partition coefficient (Wildman–Crippen LogP) is 2.93. The van der Waals surface area contributed by atoms with Crippen molar-refractivity contribution in [3.63, 3.8) is 0 Å². The third kappa shape index (κ3) is 15.6. The molecule has 1 amide bonds. The SMILES string of the molecule is C=CC(=O)NCO.C=CC=C.C=Cc1ccccc1. The first kappa shape index (κ1) is 19.0. The van der Waals surface area contributed by atoms with Crippen LogP contribution in [0.1, 0.15) is 5.56 Å². The molecule has 1 aromatic rings. The molecule has 102 valence electrons. The molecule has 0 aliphatic rings. The highest BCUT2D eigenvalue weighted by atomic mass is 16.3. The lowest BCUT2D eigenvalue weighted by molar-refractivity contribution is -0.117. The molecule has 1 rings (SSSR count). The highest BCUT2D eigenvalue weighted by molar-refractivity contribution is 5.86. The Morgan fingerprint density at radius 2 is 1.63 bits per heavy atom. The van der Waals surface area contributed by atoms with Crippen molar-refractivity contribution in [2.45, 2.75) is 0 Å². The molecule has 0 atom stereocenters. The van der Waals surface area contributed by atoms with Gasteiger partial charge in [0.15, 0.2) is 0 Å². The summed E-state index contributed by atoms with van der Waals surface area (Å²) in [5.74, 6) is -0.359. The van der Waals surface area contributed by atoms with Crippen molar-refractivity contribution < 1.29 is 9.90 Å². The molecule has 0 saturated carbocycles. The number of hydrogen-bond donors (Lipinski definition) is 2. The molecule has 0 radical (unpaired) electrons. The average Bonchev–Trinajstić information content (AvgIpc) is 2.49. The van der Waals surface area contributed by atoms with Crippen LogP contribution < -0.4 is 5.32 Å². The van der Waals surface area contributed by atoms with Crippen molar-refractivity contribution in [2.24, 2.45) is 0 Å². The van der Waals surface area contributed by atoms with Gasteiger partial charge in [-0.05, 0) is 11.6 Å². The molecule has 0 saturated heterocycles. The van der Waals surface area contributed by atoms with Crippen molar-refractivity contribution >= 4 is 12.0 Å². The first-order valence-electron chi connectivity index (χ1n) is 5.58. The van der Waals surface area contributed by atoms with Gasteiger partial charge in [-0.25, -0.2) is 0 Å². The van der Waals surface area contributed by atoms with E-state index >= 15 is 0 Å². The van der Waals surface area contributed by atoms with Gasteiger partial charge in [-0.2, -0.15) is 0 Å². The fourth-order valence-corrected chi connectivity index (χ4v) is 0.739. The van der Waals surface area contributed by atoms with E-state index < -0.39 is 0 Å². The third-order valence-corrected chi connectivity index (χ3v) is 1.64. The second-order valence-electron chi connectivity index (χ2n) is 2.99. The van der Waals surface area contributed by atoms with Crippen LogP contribution in [0.25, 0.3) is 6.08 Å². The van der Waals surface area contributed by atoms with E-state index in [9.17, 15) is 4.79 Å². The molecule has 2 N–H and O–H groups in total. The van der Waals surface area contributed by atoms with Crippen LogP contribution in [-0.2, 0) is 4.79 Å². The number of aliphatic hydroxyl groups is 1. The summed E-state index contributed by atoms with van der Waals surface area (Å²) in [7, 11) is 0. The molecule has 0 aliphatic carbocycles. The van der Waals surface area contributed by atoms with Crippen LogP contribution in [0.3, 0.4) is 0 Å². The Bertz CT molecular complexity index is 377. The number of carbonyl (C=O) groups excluding carboxylic acids is 1. The maximum Gasteiger partial charge on any atom is 0.245 e. The van der Waals surface area contributed by atoms with Crippen LogP contribution >= 0.6 is 0 Å². The van der Waals surface area contributed by atoms with Crippen LogP contribution in [0.4, 0.5) is 0 Å². The second kappa shape index (κ2) is 15.6. The quantitative estimate of drug-likeness (QED) is 0.496. The van der Waals surface area contributed by atoms with Crippen LogP contribution in [0.2, 0.25) is 0 Å². The molecule has 0 aliphatic heterocycles. The summed E-state index contributed by atoms with van der Waals surface area (Å²) in [5, 5.41) is 10.1. The summed E-state index contributed by atoms with van der Waals surface area (Å²) in [6, 6.07) is 10.0. The molecule has 1 aromatic carbocycles. The normalized spacial score (nSPS) is 7.42. The van der Waals surface area contributed by atoms with Gasteiger partial charge in [0, 0.05) is 0 Å². The summed E-state index contributed by atoms with van der Waals surface area (Å²) in [5.41, 5.74) is 1.17. The summed E-state index contributed by atoms with van der Waals surface area (Å²) in [4.78, 5) is 10.0. The minimum absolute atomic E-state index is 0.329. The number of allylic oxidation sites excluding steroid dienone is 2. The fourth-order valence-electron chi connectivity index (χ4n) is 0.739. The van der Waals surface area contributed by atoms with E-state index in [0.29, 0.717) is 0 Å². The second-order valence-corrected chi connectivity index (χ2v) is 2.99. The lowest BCUT2D eigenvalue weighted by Crippen LogP contribution is -2.20. The summed E-state index contributed by atoms with van der Waals surface area (Å²) < 4.78 is 0. The first-order chi connectivity index (χ1) is 9.15. The number of carbonyl (C=O) groups is 1. The number of hydrogen-bond acceptors (Lipinski definition) is 2. The summed E-state index contributed by atoms with van der Waals surface area (Å²) >= 11 is 0. The Balaban J connectivity index is 0. The minimum Gasteiger partial charge on any atom is -0.376 e.